The number of hydrogen-bond donors (Lipinski definition) is 1. The molecule has 10 heteroatoms. The lowest BCUT2D eigenvalue weighted by atomic mass is 10.2. The van der Waals surface area contributed by atoms with Crippen LogP contribution in [0.15, 0.2) is 24.3 Å². The average Bonchev–Trinajstić information content (AvgIpc) is 2.57. The molecule has 0 bridgehead atoms. The van der Waals surface area contributed by atoms with Gasteiger partial charge in [-0.15, -0.1) is 0 Å². The summed E-state index contributed by atoms with van der Waals surface area (Å²) in [5, 5.41) is 2.25. The highest BCUT2D eigenvalue weighted by Gasteiger charge is 2.45. The first-order chi connectivity index (χ1) is 10.6. The van der Waals surface area contributed by atoms with Gasteiger partial charge in [0, 0.05) is 5.69 Å². The zero-order chi connectivity index (χ0) is 17.3. The molecule has 1 fully saturated rings. The minimum atomic E-state index is -5.25. The molecule has 4 nitrogen and oxygen atoms in total. The number of hydrogen-bond acceptors (Lipinski definition) is 4. The lowest BCUT2D eigenvalue weighted by Crippen LogP contribution is -2.47. The van der Waals surface area contributed by atoms with Gasteiger partial charge in [0.1, 0.15) is 5.82 Å². The first-order valence-electron chi connectivity index (χ1n) is 6.47. The first kappa shape index (κ1) is 17.4. The van der Waals surface area contributed by atoms with Crippen molar-refractivity contribution in [1.82, 2.24) is 5.32 Å². The van der Waals surface area contributed by atoms with Crippen LogP contribution in [-0.4, -0.2) is 43.9 Å². The number of carbonyl (C=O) groups excluding carboxylic acids is 1. The molecule has 0 radical (unpaired) electrons. The summed E-state index contributed by atoms with van der Waals surface area (Å²) in [4.78, 5) is 11.8. The van der Waals surface area contributed by atoms with Gasteiger partial charge < -0.3 is 15.0 Å². The third kappa shape index (κ3) is 4.50. The molecular weight excluding hydrogens is 330 g/mol. The lowest BCUT2D eigenvalue weighted by Gasteiger charge is -2.32. The van der Waals surface area contributed by atoms with Crippen molar-refractivity contribution < 1.29 is 35.9 Å². The number of anilines is 1. The molecule has 0 saturated carbocycles. The summed E-state index contributed by atoms with van der Waals surface area (Å²) in [5.74, 6) is -6.40. The van der Waals surface area contributed by atoms with Crippen LogP contribution in [0.4, 0.5) is 32.0 Å². The maximum absolute atomic E-state index is 13.7. The molecule has 2 rings (SSSR count). The molecule has 0 amide bonds. The van der Waals surface area contributed by atoms with Gasteiger partial charge in [-0.2, -0.15) is 13.2 Å². The van der Waals surface area contributed by atoms with Gasteiger partial charge in [-0.25, -0.2) is 18.0 Å². The summed E-state index contributed by atoms with van der Waals surface area (Å²) in [6.07, 6.45) is -6.86. The second-order valence-electron chi connectivity index (χ2n) is 4.95. The van der Waals surface area contributed by atoms with Crippen molar-refractivity contribution in [3.05, 3.63) is 30.1 Å². The van der Waals surface area contributed by atoms with Crippen molar-refractivity contribution in [1.29, 1.82) is 0 Å². The van der Waals surface area contributed by atoms with E-state index in [2.05, 4.69) is 10.1 Å². The van der Waals surface area contributed by atoms with Crippen molar-refractivity contribution in [3.63, 3.8) is 0 Å². The SMILES string of the molecule is O=C(OC1CNCC(F)(F)CN1c1ccc(F)cc1)C(F)(F)F. The predicted octanol–water partition coefficient (Wildman–Crippen LogP) is 2.30. The van der Waals surface area contributed by atoms with Gasteiger partial charge in [0.25, 0.3) is 5.92 Å². The third-order valence-corrected chi connectivity index (χ3v) is 3.08. The number of benzene rings is 1. The molecule has 0 aliphatic carbocycles. The summed E-state index contributed by atoms with van der Waals surface area (Å²) < 4.78 is 81.6. The summed E-state index contributed by atoms with van der Waals surface area (Å²) in [7, 11) is 0. The van der Waals surface area contributed by atoms with Crippen LogP contribution in [0.1, 0.15) is 0 Å². The molecule has 1 heterocycles. The zero-order valence-corrected chi connectivity index (χ0v) is 11.5. The van der Waals surface area contributed by atoms with Crippen LogP contribution < -0.4 is 10.2 Å². The van der Waals surface area contributed by atoms with Crippen molar-refractivity contribution in [3.8, 4) is 0 Å². The van der Waals surface area contributed by atoms with E-state index in [0.717, 1.165) is 29.2 Å². The molecule has 23 heavy (non-hydrogen) atoms. The number of alkyl halides is 5. The molecule has 1 aliphatic rings. The van der Waals surface area contributed by atoms with Crippen molar-refractivity contribution in [2.45, 2.75) is 18.3 Å². The molecule has 128 valence electrons. The Labute approximate surface area is 127 Å². The Hall–Kier alpha value is -1.97. The average molecular weight is 342 g/mol. The van der Waals surface area contributed by atoms with Gasteiger partial charge in [-0.3, -0.25) is 0 Å². The summed E-state index contributed by atoms with van der Waals surface area (Å²) in [6.45, 7) is -2.21. The van der Waals surface area contributed by atoms with Crippen LogP contribution >= 0.6 is 0 Å². The van der Waals surface area contributed by atoms with Crippen LogP contribution in [-0.2, 0) is 9.53 Å². The highest BCUT2D eigenvalue weighted by atomic mass is 19.4. The number of esters is 1. The number of nitrogens with zero attached hydrogens (tertiary/aromatic N) is 1. The van der Waals surface area contributed by atoms with E-state index in [1.165, 1.54) is 0 Å². The summed E-state index contributed by atoms with van der Waals surface area (Å²) in [6, 6.07) is 4.17. The van der Waals surface area contributed by atoms with Gasteiger partial charge in [-0.05, 0) is 24.3 Å². The maximum atomic E-state index is 13.7. The van der Waals surface area contributed by atoms with E-state index >= 15 is 0 Å². The standard InChI is InChI=1S/C13H12F6N2O2/c14-8-1-3-9(4-2-8)21-7-12(15,16)6-20-5-10(21)23-11(22)13(17,18)19/h1-4,10,20H,5-7H2. The molecule has 1 atom stereocenters. The monoisotopic (exact) mass is 342 g/mol. The second kappa shape index (κ2) is 6.26. The van der Waals surface area contributed by atoms with Crippen LogP contribution in [0.25, 0.3) is 0 Å². The number of halogens is 6. The van der Waals surface area contributed by atoms with E-state index < -0.39 is 49.7 Å². The van der Waals surface area contributed by atoms with Gasteiger partial charge in [0.15, 0.2) is 6.23 Å². The van der Waals surface area contributed by atoms with E-state index in [9.17, 15) is 31.1 Å². The Kier molecular flexibility index (Phi) is 4.73. The summed E-state index contributed by atoms with van der Waals surface area (Å²) >= 11 is 0. The highest BCUT2D eigenvalue weighted by molar-refractivity contribution is 5.76. The predicted molar refractivity (Wildman–Crippen MR) is 67.5 cm³/mol. The van der Waals surface area contributed by atoms with Crippen LogP contribution in [0, 0.1) is 5.82 Å². The van der Waals surface area contributed by atoms with E-state index in [1.807, 2.05) is 0 Å². The molecule has 0 aromatic heterocycles. The van der Waals surface area contributed by atoms with Crippen LogP contribution in [0.5, 0.6) is 0 Å². The number of rotatable bonds is 2. The van der Waals surface area contributed by atoms with Crippen molar-refractivity contribution in [2.75, 3.05) is 24.5 Å². The molecular formula is C13H12F6N2O2. The number of carbonyl (C=O) groups is 1. The highest BCUT2D eigenvalue weighted by Crippen LogP contribution is 2.27. The fraction of sp³-hybridized carbons (Fsp3) is 0.462. The van der Waals surface area contributed by atoms with Crippen molar-refractivity contribution >= 4 is 11.7 Å². The smallest absolute Gasteiger partial charge is 0.433 e. The topological polar surface area (TPSA) is 41.6 Å². The fourth-order valence-corrected chi connectivity index (χ4v) is 2.08. The van der Waals surface area contributed by atoms with Crippen LogP contribution in [0.3, 0.4) is 0 Å². The molecule has 0 spiro atoms. The Bertz CT molecular complexity index is 561. The quantitative estimate of drug-likeness (QED) is 0.662. The normalized spacial score (nSPS) is 21.7. The molecule has 1 aromatic rings. The minimum Gasteiger partial charge on any atom is -0.433 e. The lowest BCUT2D eigenvalue weighted by molar-refractivity contribution is -0.204. The molecule has 1 aromatic carbocycles. The van der Waals surface area contributed by atoms with Crippen molar-refractivity contribution in [2.24, 2.45) is 0 Å². The Balaban J connectivity index is 2.28. The van der Waals surface area contributed by atoms with Gasteiger partial charge in [0.2, 0.25) is 0 Å². The summed E-state index contributed by atoms with van der Waals surface area (Å²) in [5.41, 5.74) is 0.00903. The molecule has 1 unspecified atom stereocenters. The first-order valence-corrected chi connectivity index (χ1v) is 6.47. The van der Waals surface area contributed by atoms with Gasteiger partial charge in [-0.1, -0.05) is 0 Å². The van der Waals surface area contributed by atoms with E-state index in [-0.39, 0.29) is 5.69 Å². The Morgan fingerprint density at radius 3 is 2.43 bits per heavy atom. The fourth-order valence-electron chi connectivity index (χ4n) is 2.08. The Morgan fingerprint density at radius 1 is 1.26 bits per heavy atom. The molecule has 1 N–H and O–H groups in total. The Morgan fingerprint density at radius 2 is 1.87 bits per heavy atom. The molecule has 1 aliphatic heterocycles. The zero-order valence-electron chi connectivity index (χ0n) is 11.5. The maximum Gasteiger partial charge on any atom is 0.491 e. The van der Waals surface area contributed by atoms with Crippen LogP contribution in [0.2, 0.25) is 0 Å². The van der Waals surface area contributed by atoms with Gasteiger partial charge >= 0.3 is 12.1 Å². The minimum absolute atomic E-state index is 0.00903. The van der Waals surface area contributed by atoms with E-state index in [4.69, 9.17) is 0 Å². The number of nitrogens with one attached hydrogen (secondary N) is 1. The molecule has 1 saturated heterocycles. The van der Waals surface area contributed by atoms with E-state index in [0.29, 0.717) is 0 Å². The van der Waals surface area contributed by atoms with Gasteiger partial charge in [0.05, 0.1) is 19.6 Å². The number of ether oxygens (including phenoxy) is 1. The second-order valence-corrected chi connectivity index (χ2v) is 4.95. The largest absolute Gasteiger partial charge is 0.491 e. The third-order valence-electron chi connectivity index (χ3n) is 3.08. The van der Waals surface area contributed by atoms with E-state index in [1.54, 1.807) is 0 Å².